The number of allylic oxidation sites excluding steroid dienone is 4. The Morgan fingerprint density at radius 1 is 1.11 bits per heavy atom. The van der Waals surface area contributed by atoms with Gasteiger partial charge in [-0.2, -0.15) is 0 Å². The van der Waals surface area contributed by atoms with Gasteiger partial charge in [-0.3, -0.25) is 4.79 Å². The van der Waals surface area contributed by atoms with Crippen LogP contribution in [0.25, 0.3) is 0 Å². The summed E-state index contributed by atoms with van der Waals surface area (Å²) in [5, 5.41) is 0. The van der Waals surface area contributed by atoms with Crippen LogP contribution in [0.2, 0.25) is 0 Å². The van der Waals surface area contributed by atoms with Gasteiger partial charge in [-0.05, 0) is 74.1 Å². The van der Waals surface area contributed by atoms with Crippen molar-refractivity contribution in [2.24, 2.45) is 17.8 Å². The van der Waals surface area contributed by atoms with Crippen LogP contribution in [0, 0.1) is 17.8 Å². The first-order chi connectivity index (χ1) is 8.83. The molecule has 2 aliphatic heterocycles. The van der Waals surface area contributed by atoms with E-state index in [0.29, 0.717) is 13.8 Å². The van der Waals surface area contributed by atoms with Crippen LogP contribution < -0.4 is 0 Å². The minimum Gasteiger partial charge on any atom is -0.290 e. The molecule has 0 radical (unpaired) electrons. The number of hydrogen-bond acceptors (Lipinski definition) is 1. The van der Waals surface area contributed by atoms with Crippen LogP contribution in [-0.2, 0) is 4.79 Å². The molecule has 0 N–H and O–H groups in total. The number of carbonyl (C=O) groups excluding carboxylic acids is 1. The van der Waals surface area contributed by atoms with Crippen molar-refractivity contribution < 1.29 is 4.79 Å². The molecule has 5 atom stereocenters. The molecule has 1 nitrogen and oxygen atoms in total. The fourth-order valence-electron chi connectivity index (χ4n) is 4.92. The zero-order valence-corrected chi connectivity index (χ0v) is 11.7. The number of hydrogen-bond donors (Lipinski definition) is 0. The molecule has 18 heavy (non-hydrogen) atoms. The Morgan fingerprint density at radius 3 is 3.00 bits per heavy atom. The maximum absolute atomic E-state index is 11.5. The van der Waals surface area contributed by atoms with Crippen molar-refractivity contribution in [2.45, 2.75) is 37.8 Å². The molecule has 0 aromatic rings. The molecule has 2 aliphatic carbocycles. The number of carbonyl (C=O) groups is 1. The van der Waals surface area contributed by atoms with E-state index >= 15 is 0 Å². The van der Waals surface area contributed by atoms with E-state index in [1.165, 1.54) is 43.8 Å². The van der Waals surface area contributed by atoms with Gasteiger partial charge in [0, 0.05) is 5.92 Å². The van der Waals surface area contributed by atoms with Crippen LogP contribution in [0.3, 0.4) is 0 Å². The third-order valence-corrected chi connectivity index (χ3v) is 8.96. The molecule has 2 heterocycles. The molecule has 3 fully saturated rings. The maximum atomic E-state index is 11.5. The van der Waals surface area contributed by atoms with Crippen LogP contribution in [0.4, 0.5) is 0 Å². The Hall–Kier alpha value is -0.420. The molecule has 96 valence electrons. The fourth-order valence-corrected chi connectivity index (χ4v) is 8.48. The van der Waals surface area contributed by atoms with Crippen molar-refractivity contribution in [3.05, 3.63) is 23.8 Å². The summed E-state index contributed by atoms with van der Waals surface area (Å²) in [7, 11) is 0.393. The Morgan fingerprint density at radius 2 is 2.06 bits per heavy atom. The molecular weight excluding hydrogens is 239 g/mol. The number of rotatable bonds is 0. The summed E-state index contributed by atoms with van der Waals surface area (Å²) in [6.45, 7) is 0. The zero-order valence-electron chi connectivity index (χ0n) is 10.8. The summed E-state index contributed by atoms with van der Waals surface area (Å²) in [4.78, 5) is 11.5. The van der Waals surface area contributed by atoms with Gasteiger partial charge in [-0.15, -0.1) is 7.92 Å². The van der Waals surface area contributed by atoms with Crippen LogP contribution in [0.1, 0.15) is 32.1 Å². The highest BCUT2D eigenvalue weighted by Gasteiger charge is 2.46. The second-order valence-electron chi connectivity index (χ2n) is 6.41. The Labute approximate surface area is 110 Å². The Balaban J connectivity index is 1.63. The molecule has 4 rings (SSSR count). The van der Waals surface area contributed by atoms with Gasteiger partial charge in [0.2, 0.25) is 0 Å². The summed E-state index contributed by atoms with van der Waals surface area (Å²) >= 11 is 0. The fraction of sp³-hybridized carbons (Fsp3) is 0.688. The number of fused-ring (bicyclic) bond motifs is 5. The number of ketones is 1. The van der Waals surface area contributed by atoms with Gasteiger partial charge in [0.15, 0.2) is 5.78 Å². The normalized spacial score (nSPS) is 46.1. The first-order valence-electron chi connectivity index (χ1n) is 7.49. The van der Waals surface area contributed by atoms with Crippen LogP contribution >= 0.6 is 7.92 Å². The molecule has 2 saturated heterocycles. The van der Waals surface area contributed by atoms with E-state index in [0.717, 1.165) is 17.5 Å². The summed E-state index contributed by atoms with van der Waals surface area (Å²) < 4.78 is 0. The molecule has 0 bridgehead atoms. The van der Waals surface area contributed by atoms with Gasteiger partial charge in [0.25, 0.3) is 0 Å². The van der Waals surface area contributed by atoms with E-state index in [4.69, 9.17) is 0 Å². The smallest absolute Gasteiger partial charge is 0.178 e. The minimum absolute atomic E-state index is 0.221. The van der Waals surface area contributed by atoms with Crippen molar-refractivity contribution in [1.29, 1.82) is 0 Å². The zero-order chi connectivity index (χ0) is 12.1. The van der Waals surface area contributed by atoms with Gasteiger partial charge < -0.3 is 0 Å². The lowest BCUT2D eigenvalue weighted by Crippen LogP contribution is -2.39. The Kier molecular flexibility index (Phi) is 2.73. The van der Waals surface area contributed by atoms with E-state index < -0.39 is 0 Å². The molecular formula is C16H21OP. The predicted octanol–water partition coefficient (Wildman–Crippen LogP) is 3.74. The van der Waals surface area contributed by atoms with E-state index in [1.54, 1.807) is 6.16 Å². The van der Waals surface area contributed by atoms with Gasteiger partial charge in [0.05, 0.1) is 0 Å². The van der Waals surface area contributed by atoms with Crippen molar-refractivity contribution in [1.82, 2.24) is 0 Å². The molecule has 0 aromatic heterocycles. The van der Waals surface area contributed by atoms with Gasteiger partial charge in [-0.25, -0.2) is 0 Å². The maximum Gasteiger partial charge on any atom is 0.178 e. The second-order valence-corrected chi connectivity index (χ2v) is 9.14. The largest absolute Gasteiger partial charge is 0.290 e. The van der Waals surface area contributed by atoms with Crippen LogP contribution in [-0.4, -0.2) is 23.8 Å². The average molecular weight is 260 g/mol. The summed E-state index contributed by atoms with van der Waals surface area (Å²) in [5.41, 5.74) is 2.54. The summed E-state index contributed by atoms with van der Waals surface area (Å²) in [6, 6.07) is 0. The summed E-state index contributed by atoms with van der Waals surface area (Å²) in [5.74, 6) is 2.71. The predicted molar refractivity (Wildman–Crippen MR) is 76.2 cm³/mol. The highest BCUT2D eigenvalue weighted by molar-refractivity contribution is 7.58. The van der Waals surface area contributed by atoms with Gasteiger partial charge >= 0.3 is 0 Å². The SMILES string of the molecule is O=C1C=CC2C(=C1)CCC1C2CCP2CCCC12. The van der Waals surface area contributed by atoms with Crippen molar-refractivity contribution in [2.75, 3.05) is 12.3 Å². The first-order valence-corrected chi connectivity index (χ1v) is 9.28. The van der Waals surface area contributed by atoms with Crippen molar-refractivity contribution >= 4 is 13.7 Å². The molecule has 2 heteroatoms. The lowest BCUT2D eigenvalue weighted by atomic mass is 9.65. The monoisotopic (exact) mass is 260 g/mol. The van der Waals surface area contributed by atoms with E-state index in [2.05, 4.69) is 6.08 Å². The first kappa shape index (κ1) is 11.4. The lowest BCUT2D eigenvalue weighted by Gasteiger charge is -2.48. The molecule has 1 saturated carbocycles. The lowest BCUT2D eigenvalue weighted by molar-refractivity contribution is -0.110. The van der Waals surface area contributed by atoms with E-state index in [-0.39, 0.29) is 5.78 Å². The molecule has 4 aliphatic rings. The molecule has 0 spiro atoms. The standard InChI is InChI=1S/C16H21OP/c17-12-4-6-13-11(10-12)3-5-15-14(13)7-9-18-8-1-2-16(15)18/h4,6,10,13-16H,1-3,5,7-9H2. The van der Waals surface area contributed by atoms with Gasteiger partial charge in [0.1, 0.15) is 0 Å². The van der Waals surface area contributed by atoms with Gasteiger partial charge in [-0.1, -0.05) is 11.6 Å². The van der Waals surface area contributed by atoms with Crippen molar-refractivity contribution in [3.8, 4) is 0 Å². The molecule has 0 aromatic carbocycles. The average Bonchev–Trinajstić information content (AvgIpc) is 2.86. The van der Waals surface area contributed by atoms with Crippen LogP contribution in [0.5, 0.6) is 0 Å². The third kappa shape index (κ3) is 1.67. The summed E-state index contributed by atoms with van der Waals surface area (Å²) in [6.07, 6.45) is 16.1. The third-order valence-electron chi connectivity index (χ3n) is 5.66. The van der Waals surface area contributed by atoms with E-state index in [1.807, 2.05) is 12.2 Å². The highest BCUT2D eigenvalue weighted by atomic mass is 31.1. The topological polar surface area (TPSA) is 17.1 Å². The highest BCUT2D eigenvalue weighted by Crippen LogP contribution is 2.62. The Bertz CT molecular complexity index is 436. The van der Waals surface area contributed by atoms with Crippen molar-refractivity contribution in [3.63, 3.8) is 0 Å². The molecule has 0 amide bonds. The van der Waals surface area contributed by atoms with Crippen LogP contribution in [0.15, 0.2) is 23.8 Å². The molecule has 5 unspecified atom stereocenters. The van der Waals surface area contributed by atoms with E-state index in [9.17, 15) is 4.79 Å². The minimum atomic E-state index is 0.221. The quantitative estimate of drug-likeness (QED) is 0.606. The second kappa shape index (κ2) is 4.30.